The van der Waals surface area contributed by atoms with Crippen molar-refractivity contribution in [2.24, 2.45) is 0 Å². The molecule has 26 heavy (non-hydrogen) atoms. The summed E-state index contributed by atoms with van der Waals surface area (Å²) in [6, 6.07) is 27.8. The lowest BCUT2D eigenvalue weighted by atomic mass is 10.0. The molecule has 1 unspecified atom stereocenters. The lowest BCUT2D eigenvalue weighted by molar-refractivity contribution is 0.251. The van der Waals surface area contributed by atoms with E-state index in [1.807, 2.05) is 88.9 Å². The van der Waals surface area contributed by atoms with Gasteiger partial charge < -0.3 is 0 Å². The van der Waals surface area contributed by atoms with Gasteiger partial charge in [-0.15, -0.1) is 0 Å². The Bertz CT molecular complexity index is 985. The average Bonchev–Trinajstić information content (AvgIpc) is 3.01. The van der Waals surface area contributed by atoms with Crippen LogP contribution in [0.15, 0.2) is 91.1 Å². The molecule has 0 radical (unpaired) electrons. The van der Waals surface area contributed by atoms with Crippen LogP contribution in [0, 0.1) is 0 Å². The largest absolute Gasteiger partial charge is 0.350 e. The maximum atomic E-state index is 13.5. The summed E-state index contributed by atoms with van der Waals surface area (Å²) in [5.41, 5.74) is 3.99. The Balaban J connectivity index is 1.70. The molecule has 2 heterocycles. The van der Waals surface area contributed by atoms with Crippen molar-refractivity contribution in [2.75, 3.05) is 9.91 Å². The maximum Gasteiger partial charge on any atom is 0.350 e. The first-order valence-corrected chi connectivity index (χ1v) is 8.63. The van der Waals surface area contributed by atoms with Crippen molar-refractivity contribution < 1.29 is 4.79 Å². The molecule has 0 aliphatic carbocycles. The van der Waals surface area contributed by atoms with Crippen LogP contribution in [0.1, 0.15) is 17.3 Å². The maximum absolute atomic E-state index is 13.5. The first-order valence-electron chi connectivity index (χ1n) is 8.63. The number of para-hydroxylation sites is 2. The number of hydrazine groups is 1. The molecule has 1 fully saturated rings. The molecule has 3 aromatic carbocycles. The number of hydrogen-bond acceptors (Lipinski definition) is 2. The van der Waals surface area contributed by atoms with E-state index in [0.29, 0.717) is 0 Å². The summed E-state index contributed by atoms with van der Waals surface area (Å²) in [6.07, 6.45) is 3.84. The number of urea groups is 1. The number of hydrogen-bond donors (Lipinski definition) is 0. The Morgan fingerprint density at radius 2 is 1.31 bits per heavy atom. The number of amides is 2. The molecule has 2 amide bonds. The number of carbonyl (C=O) groups excluding carboxylic acids is 1. The van der Waals surface area contributed by atoms with Crippen LogP contribution in [0.4, 0.5) is 16.2 Å². The van der Waals surface area contributed by atoms with Gasteiger partial charge in [-0.2, -0.15) is 0 Å². The van der Waals surface area contributed by atoms with Crippen LogP contribution in [0.5, 0.6) is 0 Å². The van der Waals surface area contributed by atoms with E-state index in [4.69, 9.17) is 0 Å². The second kappa shape index (κ2) is 5.77. The summed E-state index contributed by atoms with van der Waals surface area (Å²) in [6.45, 7) is 0. The fourth-order valence-electron chi connectivity index (χ4n) is 3.67. The van der Waals surface area contributed by atoms with Crippen molar-refractivity contribution in [3.05, 3.63) is 102 Å². The normalized spacial score (nSPS) is 18.1. The standard InChI is InChI=1S/C22H17N3O/c26-22-24(18-10-3-1-4-11-18)21-20-14-8-7-9-17(20)15-16-23(21)25(22)19-12-5-2-6-13-19/h1-16,21H. The van der Waals surface area contributed by atoms with Crippen molar-refractivity contribution in [3.63, 3.8) is 0 Å². The minimum Gasteiger partial charge on any atom is -0.265 e. The number of anilines is 2. The quantitative estimate of drug-likeness (QED) is 0.654. The molecule has 0 N–H and O–H groups in total. The van der Waals surface area contributed by atoms with Crippen molar-refractivity contribution in [2.45, 2.75) is 6.17 Å². The third kappa shape index (κ3) is 2.12. The highest BCUT2D eigenvalue weighted by atomic mass is 16.2. The van der Waals surface area contributed by atoms with E-state index < -0.39 is 0 Å². The zero-order valence-corrected chi connectivity index (χ0v) is 14.1. The van der Waals surface area contributed by atoms with Crippen LogP contribution in [-0.4, -0.2) is 11.0 Å². The average molecular weight is 339 g/mol. The molecule has 1 atom stereocenters. The molecule has 1 saturated heterocycles. The van der Waals surface area contributed by atoms with E-state index in [-0.39, 0.29) is 12.2 Å². The fraction of sp³-hybridized carbons (Fsp3) is 0.0455. The SMILES string of the molecule is O=C1N(c2ccccc2)C2c3ccccc3C=CN2N1c1ccccc1. The number of benzene rings is 3. The summed E-state index contributed by atoms with van der Waals surface area (Å²) < 4.78 is 0. The van der Waals surface area contributed by atoms with E-state index in [1.54, 1.807) is 5.01 Å². The third-order valence-corrected chi connectivity index (χ3v) is 4.83. The minimum atomic E-state index is -0.202. The van der Waals surface area contributed by atoms with Gasteiger partial charge >= 0.3 is 6.03 Å². The fourth-order valence-corrected chi connectivity index (χ4v) is 3.67. The zero-order valence-electron chi connectivity index (χ0n) is 14.1. The summed E-state index contributed by atoms with van der Waals surface area (Å²) >= 11 is 0. The van der Waals surface area contributed by atoms with Crippen LogP contribution in [0.3, 0.4) is 0 Å². The van der Waals surface area contributed by atoms with E-state index >= 15 is 0 Å². The second-order valence-electron chi connectivity index (χ2n) is 6.33. The highest BCUT2D eigenvalue weighted by Gasteiger charge is 2.46. The summed E-state index contributed by atoms with van der Waals surface area (Å²) in [4.78, 5) is 15.3. The van der Waals surface area contributed by atoms with Crippen LogP contribution >= 0.6 is 0 Å². The van der Waals surface area contributed by atoms with Crippen LogP contribution in [0.2, 0.25) is 0 Å². The molecule has 3 aromatic rings. The molecule has 4 heteroatoms. The summed E-state index contributed by atoms with van der Waals surface area (Å²) in [7, 11) is 0. The topological polar surface area (TPSA) is 26.8 Å². The Morgan fingerprint density at radius 3 is 2.04 bits per heavy atom. The second-order valence-corrected chi connectivity index (χ2v) is 6.33. The van der Waals surface area contributed by atoms with Gasteiger partial charge in [0.2, 0.25) is 0 Å². The predicted molar refractivity (Wildman–Crippen MR) is 103 cm³/mol. The number of rotatable bonds is 2. The van der Waals surface area contributed by atoms with Gasteiger partial charge in [0.25, 0.3) is 0 Å². The van der Waals surface area contributed by atoms with Gasteiger partial charge in [-0.05, 0) is 35.9 Å². The Labute approximate surface area is 152 Å². The molecule has 0 bridgehead atoms. The van der Waals surface area contributed by atoms with Gasteiger partial charge in [0.1, 0.15) is 0 Å². The summed E-state index contributed by atoms with van der Waals surface area (Å²) in [5, 5.41) is 3.75. The van der Waals surface area contributed by atoms with E-state index in [2.05, 4.69) is 18.2 Å². The van der Waals surface area contributed by atoms with Gasteiger partial charge in [-0.3, -0.25) is 9.91 Å². The molecule has 0 spiro atoms. The molecule has 126 valence electrons. The first kappa shape index (κ1) is 14.8. The minimum absolute atomic E-state index is 0.0613. The number of nitrogens with zero attached hydrogens (tertiary/aromatic N) is 3. The van der Waals surface area contributed by atoms with Gasteiger partial charge in [0.05, 0.1) is 5.69 Å². The van der Waals surface area contributed by atoms with Crippen molar-refractivity contribution in [1.82, 2.24) is 5.01 Å². The molecule has 2 aliphatic heterocycles. The van der Waals surface area contributed by atoms with E-state index in [9.17, 15) is 4.79 Å². The van der Waals surface area contributed by atoms with Crippen LogP contribution < -0.4 is 9.91 Å². The molecule has 2 aliphatic rings. The Hall–Kier alpha value is -3.53. The molecule has 0 saturated carbocycles. The molecule has 5 rings (SSSR count). The molecule has 0 aromatic heterocycles. The lowest BCUT2D eigenvalue weighted by Crippen LogP contribution is -2.36. The molecule has 4 nitrogen and oxygen atoms in total. The van der Waals surface area contributed by atoms with Crippen molar-refractivity contribution >= 4 is 23.5 Å². The predicted octanol–water partition coefficient (Wildman–Crippen LogP) is 5.03. The summed E-state index contributed by atoms with van der Waals surface area (Å²) in [5.74, 6) is 0. The monoisotopic (exact) mass is 339 g/mol. The van der Waals surface area contributed by atoms with Gasteiger partial charge in [-0.25, -0.2) is 9.80 Å². The highest BCUT2D eigenvalue weighted by molar-refractivity contribution is 6.06. The smallest absolute Gasteiger partial charge is 0.265 e. The van der Waals surface area contributed by atoms with Crippen molar-refractivity contribution in [3.8, 4) is 0 Å². The lowest BCUT2D eigenvalue weighted by Gasteiger charge is -2.34. The first-order chi connectivity index (χ1) is 12.8. The highest BCUT2D eigenvalue weighted by Crippen LogP contribution is 2.43. The number of fused-ring (bicyclic) bond motifs is 3. The van der Waals surface area contributed by atoms with Crippen LogP contribution in [-0.2, 0) is 0 Å². The van der Waals surface area contributed by atoms with Crippen LogP contribution in [0.25, 0.3) is 6.08 Å². The van der Waals surface area contributed by atoms with Gasteiger partial charge in [0, 0.05) is 17.5 Å². The number of carbonyl (C=O) groups is 1. The van der Waals surface area contributed by atoms with E-state index in [0.717, 1.165) is 22.5 Å². The zero-order chi connectivity index (χ0) is 17.5. The third-order valence-electron chi connectivity index (χ3n) is 4.83. The molecular weight excluding hydrogens is 322 g/mol. The Kier molecular flexibility index (Phi) is 3.28. The van der Waals surface area contributed by atoms with Crippen molar-refractivity contribution in [1.29, 1.82) is 0 Å². The van der Waals surface area contributed by atoms with Gasteiger partial charge in [0.15, 0.2) is 6.17 Å². The van der Waals surface area contributed by atoms with E-state index in [1.165, 1.54) is 0 Å². The Morgan fingerprint density at radius 1 is 0.692 bits per heavy atom. The van der Waals surface area contributed by atoms with Gasteiger partial charge in [-0.1, -0.05) is 60.7 Å². The molecular formula is C22H17N3O.